The van der Waals surface area contributed by atoms with Crippen LogP contribution in [0.15, 0.2) is 15.4 Å². The molecular weight excluding hydrogens is 96.0 g/mol. The summed E-state index contributed by atoms with van der Waals surface area (Å²) in [5.41, 5.74) is 0. The third-order valence-electron chi connectivity index (χ3n) is 0.363. The molecule has 1 aliphatic heterocycles. The van der Waals surface area contributed by atoms with Crippen molar-refractivity contribution < 1.29 is 4.79 Å². The highest BCUT2D eigenvalue weighted by Gasteiger charge is 1.94. The zero-order chi connectivity index (χ0) is 4.41. The third kappa shape index (κ3) is 1.18. The monoisotopic (exact) mass is 97.0 g/mol. The lowest BCUT2D eigenvalue weighted by Crippen LogP contribution is -1.84. The van der Waals surface area contributed by atoms with E-state index in [0.717, 1.165) is 6.21 Å². The fraction of sp³-hybridized carbons (Fsp3) is 0. The highest BCUT2D eigenvalue weighted by molar-refractivity contribution is 6.27. The average molecular weight is 97.1 g/mol. The van der Waals surface area contributed by atoms with Gasteiger partial charge in [0.05, 0.1) is 0 Å². The van der Waals surface area contributed by atoms with Crippen molar-refractivity contribution in [1.29, 1.82) is 0 Å². The molecule has 0 aromatic heterocycles. The fourth-order valence-corrected chi connectivity index (χ4v) is 0.171. The smallest absolute Gasteiger partial charge is 0.264 e. The van der Waals surface area contributed by atoms with Gasteiger partial charge in [-0.2, -0.15) is 0 Å². The molecule has 0 N–H and O–H groups in total. The van der Waals surface area contributed by atoms with Crippen molar-refractivity contribution in [3.63, 3.8) is 0 Å². The Kier molecular flexibility index (Phi) is 1.80. The van der Waals surface area contributed by atoms with Crippen LogP contribution in [0, 0.1) is 0 Å². The molecule has 1 aliphatic rings. The summed E-state index contributed by atoms with van der Waals surface area (Å²) in [6.45, 7) is 0. The van der Waals surface area contributed by atoms with Crippen LogP contribution in [-0.2, 0) is 4.79 Å². The van der Waals surface area contributed by atoms with Crippen molar-refractivity contribution in [2.75, 3.05) is 0 Å². The minimum Gasteiger partial charge on any atom is -0.264 e. The van der Waals surface area contributed by atoms with Gasteiger partial charge in [-0.1, -0.05) is 5.11 Å². The Balaban J connectivity index is 0.000000360. The Morgan fingerprint density at radius 2 is 2.29 bits per heavy atom. The van der Waals surface area contributed by atoms with Gasteiger partial charge in [-0.15, -0.1) is 5.10 Å². The van der Waals surface area contributed by atoms with Crippen molar-refractivity contribution in [3.8, 4) is 0 Å². The Hall–Kier alpha value is -1.10. The minimum atomic E-state index is -0.380. The molecule has 0 bridgehead atoms. The maximum atomic E-state index is 9.83. The Labute approximate surface area is 39.7 Å². The first-order chi connectivity index (χ1) is 2.89. The molecule has 0 spiro atoms. The maximum Gasteiger partial charge on any atom is 0.310 e. The van der Waals surface area contributed by atoms with Crippen LogP contribution in [0.3, 0.4) is 0 Å². The van der Waals surface area contributed by atoms with Gasteiger partial charge in [0.25, 0.3) is 0 Å². The van der Waals surface area contributed by atoms with Crippen LogP contribution in [0.1, 0.15) is 0 Å². The van der Waals surface area contributed by atoms with Gasteiger partial charge in [0, 0.05) is 6.15 Å². The second-order valence-corrected chi connectivity index (χ2v) is 0.772. The molecule has 0 aromatic carbocycles. The summed E-state index contributed by atoms with van der Waals surface area (Å²) in [6, 6.07) is 0. The Morgan fingerprint density at radius 1 is 1.57 bits per heavy atom. The summed E-state index contributed by atoms with van der Waals surface area (Å²) in [5.74, 6) is -0.380. The van der Waals surface area contributed by atoms with Gasteiger partial charge in [-0.25, -0.2) is 0 Å². The maximum absolute atomic E-state index is 9.83. The lowest BCUT2D eigenvalue weighted by atomic mass is 10.7. The largest absolute Gasteiger partial charge is 0.310 e. The quantitative estimate of drug-likeness (QED) is 0.400. The summed E-state index contributed by atoms with van der Waals surface area (Å²) in [5, 5.41) is 9.16. The first-order valence-corrected chi connectivity index (χ1v) is 1.37. The molecule has 0 aliphatic carbocycles. The predicted octanol–water partition coefficient (Wildman–Crippen LogP) is -0.516. The number of rotatable bonds is 0. The zero-order valence-electron chi connectivity index (χ0n) is 3.27. The van der Waals surface area contributed by atoms with E-state index in [1.807, 2.05) is 0 Å². The summed E-state index contributed by atoms with van der Waals surface area (Å²) in [7, 11) is 0. The van der Waals surface area contributed by atoms with Gasteiger partial charge in [0.15, 0.2) is 0 Å². The molecule has 1 amide bonds. The average Bonchev–Trinajstić information content (AvgIpc) is 1.86. The predicted molar refractivity (Wildman–Crippen MR) is 20.5 cm³/mol. The number of hydrogen-bond donors (Lipinski definition) is 0. The fourth-order valence-electron chi connectivity index (χ4n) is 0.171. The standard InChI is InChI=1S/C2HN3O.N/c6-2-1-3-5-4-2;/h1H;. The van der Waals surface area contributed by atoms with Crippen LogP contribution in [0.4, 0.5) is 0 Å². The second-order valence-electron chi connectivity index (χ2n) is 0.772. The number of carbonyl (C=O) groups is 1. The number of carbonyl (C=O) groups excluding carboxylic acids is 1. The molecule has 0 aromatic rings. The van der Waals surface area contributed by atoms with E-state index in [2.05, 4.69) is 15.4 Å². The van der Waals surface area contributed by atoms with E-state index in [-0.39, 0.29) is 12.1 Å². The van der Waals surface area contributed by atoms with Crippen molar-refractivity contribution >= 4 is 12.1 Å². The highest BCUT2D eigenvalue weighted by Crippen LogP contribution is 1.83. The van der Waals surface area contributed by atoms with E-state index in [1.165, 1.54) is 0 Å². The SMILES string of the molecule is O=C1C=NN=N1.[N]. The topological polar surface area (TPSA) is 84.7 Å². The van der Waals surface area contributed by atoms with Gasteiger partial charge < -0.3 is 0 Å². The molecular formula is C2HN4O. The molecule has 35 valence electrons. The molecule has 0 atom stereocenters. The molecule has 0 unspecified atom stereocenters. The third-order valence-corrected chi connectivity index (χ3v) is 0.363. The Morgan fingerprint density at radius 3 is 2.43 bits per heavy atom. The van der Waals surface area contributed by atoms with Gasteiger partial charge in [0.1, 0.15) is 6.21 Å². The van der Waals surface area contributed by atoms with E-state index in [1.54, 1.807) is 0 Å². The van der Waals surface area contributed by atoms with E-state index >= 15 is 0 Å². The van der Waals surface area contributed by atoms with Crippen LogP contribution in [0.5, 0.6) is 0 Å². The van der Waals surface area contributed by atoms with Crippen molar-refractivity contribution in [2.24, 2.45) is 15.4 Å². The Bertz CT molecular complexity index is 112. The van der Waals surface area contributed by atoms with Gasteiger partial charge in [0.2, 0.25) is 0 Å². The van der Waals surface area contributed by atoms with Crippen LogP contribution in [0.2, 0.25) is 0 Å². The molecule has 3 radical (unpaired) electrons. The van der Waals surface area contributed by atoms with Crippen molar-refractivity contribution in [3.05, 3.63) is 0 Å². The van der Waals surface area contributed by atoms with E-state index in [9.17, 15) is 4.79 Å². The summed E-state index contributed by atoms with van der Waals surface area (Å²) in [4.78, 5) is 9.83. The van der Waals surface area contributed by atoms with Crippen molar-refractivity contribution in [1.82, 2.24) is 6.15 Å². The molecule has 5 nitrogen and oxygen atoms in total. The first-order valence-electron chi connectivity index (χ1n) is 1.37. The number of amides is 1. The van der Waals surface area contributed by atoms with Crippen LogP contribution >= 0.6 is 0 Å². The summed E-state index contributed by atoms with van der Waals surface area (Å²) >= 11 is 0. The lowest BCUT2D eigenvalue weighted by molar-refractivity contribution is -0.111. The zero-order valence-corrected chi connectivity index (χ0v) is 3.27. The molecule has 0 saturated carbocycles. The molecule has 7 heavy (non-hydrogen) atoms. The first kappa shape index (κ1) is 5.90. The second kappa shape index (κ2) is 2.14. The summed E-state index contributed by atoms with van der Waals surface area (Å²) in [6.07, 6.45) is 1.06. The highest BCUT2D eigenvalue weighted by atomic mass is 16.2. The van der Waals surface area contributed by atoms with E-state index in [4.69, 9.17) is 0 Å². The summed E-state index contributed by atoms with van der Waals surface area (Å²) < 4.78 is 0. The van der Waals surface area contributed by atoms with E-state index in [0.29, 0.717) is 0 Å². The van der Waals surface area contributed by atoms with Crippen molar-refractivity contribution in [2.45, 2.75) is 0 Å². The molecule has 1 heterocycles. The molecule has 0 fully saturated rings. The van der Waals surface area contributed by atoms with Gasteiger partial charge >= 0.3 is 5.91 Å². The normalized spacial score (nSPS) is 14.6. The lowest BCUT2D eigenvalue weighted by Gasteiger charge is -1.55. The van der Waals surface area contributed by atoms with E-state index < -0.39 is 0 Å². The molecule has 1 rings (SSSR count). The van der Waals surface area contributed by atoms with Gasteiger partial charge in [-0.05, 0) is 5.22 Å². The minimum absolute atomic E-state index is 0. The van der Waals surface area contributed by atoms with Crippen LogP contribution < -0.4 is 6.15 Å². The molecule has 5 heteroatoms. The number of hydrogen-bond acceptors (Lipinski definition) is 3. The molecule has 0 saturated heterocycles. The van der Waals surface area contributed by atoms with Crippen LogP contribution in [0.25, 0.3) is 0 Å². The van der Waals surface area contributed by atoms with Crippen LogP contribution in [-0.4, -0.2) is 12.1 Å². The number of nitrogens with zero attached hydrogens (tertiary/aromatic N) is 4. The van der Waals surface area contributed by atoms with Gasteiger partial charge in [-0.3, -0.25) is 4.79 Å².